The Bertz CT molecular complexity index is 862. The van der Waals surface area contributed by atoms with Crippen molar-refractivity contribution in [2.75, 3.05) is 11.9 Å². The van der Waals surface area contributed by atoms with Gasteiger partial charge >= 0.3 is 0 Å². The lowest BCUT2D eigenvalue weighted by Gasteiger charge is -2.61. The molecule has 3 atom stereocenters. The molecular weight excluding hydrogens is 344 g/mol. The molecule has 1 aromatic carbocycles. The van der Waals surface area contributed by atoms with Gasteiger partial charge in [-0.1, -0.05) is 12.1 Å². The number of carbonyl (C=O) groups excluding carboxylic acids is 2. The molecule has 1 heterocycles. The Morgan fingerprint density at radius 3 is 2.89 bits per heavy atom. The molecule has 0 saturated heterocycles. The number of phenols is 1. The van der Waals surface area contributed by atoms with Gasteiger partial charge < -0.3 is 20.4 Å². The molecule has 6 nitrogen and oxygen atoms in total. The molecular formula is C21H24N2O4. The number of carbonyl (C=O) groups is 2. The highest BCUT2D eigenvalue weighted by molar-refractivity contribution is 5.85. The van der Waals surface area contributed by atoms with Gasteiger partial charge in [-0.15, -0.1) is 0 Å². The summed E-state index contributed by atoms with van der Waals surface area (Å²) in [6.07, 6.45) is 8.51. The third-order valence-corrected chi connectivity index (χ3v) is 7.04. The molecule has 0 unspecified atom stereocenters. The molecule has 27 heavy (non-hydrogen) atoms. The van der Waals surface area contributed by atoms with Gasteiger partial charge in [0.05, 0.1) is 22.7 Å². The molecule has 0 aromatic heterocycles. The molecule has 1 aliphatic heterocycles. The molecule has 142 valence electrons. The SMILES string of the molecule is O=CNc1ccc2c(c1O)[C@]13C=CN(CC4CC4)[C@H](C2)[C@]1(O)CCC(=O)C3. The predicted octanol–water partition coefficient (Wildman–Crippen LogP) is 1.85. The molecule has 0 spiro atoms. The number of anilines is 1. The van der Waals surface area contributed by atoms with Crippen LogP contribution >= 0.6 is 0 Å². The quantitative estimate of drug-likeness (QED) is 0.557. The number of nitrogens with zero attached hydrogens (tertiary/aromatic N) is 1. The number of nitrogens with one attached hydrogen (secondary N) is 1. The fourth-order valence-corrected chi connectivity index (χ4v) is 5.52. The molecule has 3 aliphatic carbocycles. The fraction of sp³-hybridized carbons (Fsp3) is 0.524. The van der Waals surface area contributed by atoms with Crippen molar-refractivity contribution in [1.82, 2.24) is 4.90 Å². The number of Topliss-reactive ketones (excluding diaryl/α,β-unsaturated/α-hetero) is 1. The van der Waals surface area contributed by atoms with Gasteiger partial charge in [0.25, 0.3) is 0 Å². The maximum atomic E-state index is 12.4. The Labute approximate surface area is 157 Å². The normalized spacial score (nSPS) is 34.0. The zero-order valence-electron chi connectivity index (χ0n) is 15.1. The molecule has 5 rings (SSSR count). The Morgan fingerprint density at radius 1 is 1.33 bits per heavy atom. The summed E-state index contributed by atoms with van der Waals surface area (Å²) in [4.78, 5) is 25.6. The summed E-state index contributed by atoms with van der Waals surface area (Å²) in [7, 11) is 0. The average Bonchev–Trinajstić information content (AvgIpc) is 3.44. The lowest BCUT2D eigenvalue weighted by Crippen LogP contribution is -2.70. The van der Waals surface area contributed by atoms with Crippen molar-refractivity contribution in [2.45, 2.75) is 55.6 Å². The van der Waals surface area contributed by atoms with Gasteiger partial charge in [-0.3, -0.25) is 9.59 Å². The van der Waals surface area contributed by atoms with Gasteiger partial charge in [-0.2, -0.15) is 0 Å². The average molecular weight is 368 g/mol. The molecule has 2 bridgehead atoms. The summed E-state index contributed by atoms with van der Waals surface area (Å²) >= 11 is 0. The highest BCUT2D eigenvalue weighted by Crippen LogP contribution is 2.59. The summed E-state index contributed by atoms with van der Waals surface area (Å²) < 4.78 is 0. The summed E-state index contributed by atoms with van der Waals surface area (Å²) in [6.45, 7) is 0.930. The van der Waals surface area contributed by atoms with E-state index in [2.05, 4.69) is 10.2 Å². The standard InChI is InChI=1S/C21H24N2O4/c24-12-22-16-4-3-14-9-17-21(27)6-5-15(25)10-20(21,18(14)19(16)26)7-8-23(17)11-13-1-2-13/h3-4,7-8,12-13,17,26-27H,1-2,5-6,9-11H2,(H,22,24)/t17-,20-,21-/m1/s1. The first kappa shape index (κ1) is 16.8. The molecule has 2 fully saturated rings. The van der Waals surface area contributed by atoms with Gasteiger partial charge in [-0.25, -0.2) is 0 Å². The number of hydrogen-bond acceptors (Lipinski definition) is 5. The van der Waals surface area contributed by atoms with Crippen molar-refractivity contribution in [3.63, 3.8) is 0 Å². The number of hydrogen-bond donors (Lipinski definition) is 3. The number of benzene rings is 1. The van der Waals surface area contributed by atoms with Crippen molar-refractivity contribution in [2.24, 2.45) is 5.92 Å². The molecule has 1 aromatic rings. The molecule has 0 radical (unpaired) electrons. The summed E-state index contributed by atoms with van der Waals surface area (Å²) in [5.74, 6) is 0.746. The van der Waals surface area contributed by atoms with E-state index < -0.39 is 11.0 Å². The Balaban J connectivity index is 1.71. The first-order valence-electron chi connectivity index (χ1n) is 9.73. The van der Waals surface area contributed by atoms with E-state index in [0.29, 0.717) is 42.8 Å². The number of fused-ring (bicyclic) bond motifs is 1. The highest BCUT2D eigenvalue weighted by Gasteiger charge is 2.64. The topological polar surface area (TPSA) is 89.9 Å². The first-order valence-corrected chi connectivity index (χ1v) is 9.73. The van der Waals surface area contributed by atoms with E-state index in [1.54, 1.807) is 6.07 Å². The van der Waals surface area contributed by atoms with Crippen LogP contribution in [0.4, 0.5) is 5.69 Å². The molecule has 4 aliphatic rings. The number of phenolic OH excluding ortho intramolecular Hbond substituents is 1. The van der Waals surface area contributed by atoms with Crippen molar-refractivity contribution in [3.05, 3.63) is 35.5 Å². The van der Waals surface area contributed by atoms with Crippen LogP contribution in [0, 0.1) is 5.92 Å². The second-order valence-corrected chi connectivity index (χ2v) is 8.54. The van der Waals surface area contributed by atoms with Crippen molar-refractivity contribution >= 4 is 17.9 Å². The lowest BCUT2D eigenvalue weighted by molar-refractivity contribution is -0.146. The minimum Gasteiger partial charge on any atom is -0.505 e. The van der Waals surface area contributed by atoms with Crippen LogP contribution in [0.5, 0.6) is 5.75 Å². The van der Waals surface area contributed by atoms with Crippen LogP contribution in [0.1, 0.15) is 43.2 Å². The van der Waals surface area contributed by atoms with E-state index in [9.17, 15) is 19.8 Å². The van der Waals surface area contributed by atoms with Crippen LogP contribution in [0.25, 0.3) is 0 Å². The van der Waals surface area contributed by atoms with Crippen molar-refractivity contribution in [1.29, 1.82) is 0 Å². The zero-order valence-corrected chi connectivity index (χ0v) is 15.1. The van der Waals surface area contributed by atoms with Crippen molar-refractivity contribution in [3.8, 4) is 5.75 Å². The van der Waals surface area contributed by atoms with E-state index in [-0.39, 0.29) is 24.0 Å². The summed E-state index contributed by atoms with van der Waals surface area (Å²) in [5.41, 5.74) is -0.187. The number of rotatable bonds is 4. The van der Waals surface area contributed by atoms with Crippen LogP contribution in [-0.4, -0.2) is 45.5 Å². The third-order valence-electron chi connectivity index (χ3n) is 7.04. The third kappa shape index (κ3) is 2.22. The van der Waals surface area contributed by atoms with Crippen LogP contribution in [0.2, 0.25) is 0 Å². The first-order chi connectivity index (χ1) is 13.0. The van der Waals surface area contributed by atoms with Gasteiger partial charge in [-0.05, 0) is 49.4 Å². The monoisotopic (exact) mass is 368 g/mol. The second kappa shape index (κ2) is 5.58. The second-order valence-electron chi connectivity index (χ2n) is 8.54. The number of aromatic hydroxyl groups is 1. The highest BCUT2D eigenvalue weighted by atomic mass is 16.3. The van der Waals surface area contributed by atoms with Crippen LogP contribution in [-0.2, 0) is 21.4 Å². The maximum Gasteiger partial charge on any atom is 0.211 e. The van der Waals surface area contributed by atoms with E-state index in [4.69, 9.17) is 0 Å². The van der Waals surface area contributed by atoms with Crippen LogP contribution < -0.4 is 5.32 Å². The molecule has 2 saturated carbocycles. The molecule has 3 N–H and O–H groups in total. The van der Waals surface area contributed by atoms with Gasteiger partial charge in [0.2, 0.25) is 6.41 Å². The van der Waals surface area contributed by atoms with Crippen LogP contribution in [0.3, 0.4) is 0 Å². The van der Waals surface area contributed by atoms with E-state index >= 15 is 0 Å². The number of ketones is 1. The number of aliphatic hydroxyl groups is 1. The molecule has 6 heteroatoms. The zero-order chi connectivity index (χ0) is 18.8. The fourth-order valence-electron chi connectivity index (χ4n) is 5.52. The van der Waals surface area contributed by atoms with Gasteiger partial charge in [0.1, 0.15) is 11.5 Å². The largest absolute Gasteiger partial charge is 0.505 e. The summed E-state index contributed by atoms with van der Waals surface area (Å²) in [6, 6.07) is 3.50. The van der Waals surface area contributed by atoms with Gasteiger partial charge in [0.15, 0.2) is 0 Å². The minimum absolute atomic E-state index is 0.0357. The maximum absolute atomic E-state index is 12.4. The Hall–Kier alpha value is -2.34. The number of amides is 1. The summed E-state index contributed by atoms with van der Waals surface area (Å²) in [5, 5.41) is 25.4. The smallest absolute Gasteiger partial charge is 0.211 e. The van der Waals surface area contributed by atoms with Crippen LogP contribution in [0.15, 0.2) is 24.4 Å². The predicted molar refractivity (Wildman–Crippen MR) is 99.3 cm³/mol. The molecule has 1 amide bonds. The van der Waals surface area contributed by atoms with E-state index in [1.807, 2.05) is 18.3 Å². The Kier molecular flexibility index (Phi) is 3.47. The van der Waals surface area contributed by atoms with Gasteiger partial charge in [0, 0.05) is 24.9 Å². The van der Waals surface area contributed by atoms with E-state index in [0.717, 1.165) is 12.1 Å². The Morgan fingerprint density at radius 2 is 2.15 bits per heavy atom. The van der Waals surface area contributed by atoms with Crippen molar-refractivity contribution < 1.29 is 19.8 Å². The van der Waals surface area contributed by atoms with E-state index in [1.165, 1.54) is 12.8 Å². The minimum atomic E-state index is -1.10. The lowest BCUT2D eigenvalue weighted by atomic mass is 9.51.